The van der Waals surface area contributed by atoms with Gasteiger partial charge in [0.05, 0.1) is 6.61 Å². The average Bonchev–Trinajstić information content (AvgIpc) is 3.16. The molecule has 2 aliphatic rings. The normalized spacial score (nSPS) is 23.4. The Hall–Kier alpha value is -3.09. The number of carbonyl (C=O) groups is 1. The highest BCUT2D eigenvalue weighted by Crippen LogP contribution is 2.42. The van der Waals surface area contributed by atoms with Gasteiger partial charge in [-0.05, 0) is 48.7 Å². The quantitative estimate of drug-likeness (QED) is 0.605. The van der Waals surface area contributed by atoms with E-state index in [1.54, 1.807) is 18.6 Å². The lowest BCUT2D eigenvalue weighted by molar-refractivity contribution is -0.173. The van der Waals surface area contributed by atoms with Gasteiger partial charge >= 0.3 is 0 Å². The van der Waals surface area contributed by atoms with Gasteiger partial charge in [0.25, 0.3) is 5.91 Å². The molecule has 1 amide bonds. The minimum Gasteiger partial charge on any atom is -0.361 e. The van der Waals surface area contributed by atoms with E-state index in [4.69, 9.17) is 4.74 Å². The van der Waals surface area contributed by atoms with Crippen LogP contribution >= 0.6 is 0 Å². The third-order valence-electron chi connectivity index (χ3n) is 6.73. The molecule has 2 atom stereocenters. The number of pyridine rings is 2. The summed E-state index contributed by atoms with van der Waals surface area (Å²) in [6.07, 6.45) is 7.20. The molecule has 0 saturated carbocycles. The summed E-state index contributed by atoms with van der Waals surface area (Å²) in [5, 5.41) is 0. The van der Waals surface area contributed by atoms with Crippen LogP contribution in [0, 0.1) is 13.8 Å². The molecule has 2 saturated heterocycles. The van der Waals surface area contributed by atoms with Gasteiger partial charge in [-0.15, -0.1) is 0 Å². The molecule has 2 aliphatic heterocycles. The summed E-state index contributed by atoms with van der Waals surface area (Å²) in [5.74, 6) is 0.00665. The molecule has 0 N–H and O–H groups in total. The monoisotopic (exact) mass is 442 g/mol. The molecule has 6 nitrogen and oxygen atoms in total. The molecule has 6 heteroatoms. The predicted octanol–water partition coefficient (Wildman–Crippen LogP) is 3.49. The summed E-state index contributed by atoms with van der Waals surface area (Å²) in [7, 11) is 0. The summed E-state index contributed by atoms with van der Waals surface area (Å²) < 4.78 is 6.42. The van der Waals surface area contributed by atoms with E-state index in [2.05, 4.69) is 53.0 Å². The largest absolute Gasteiger partial charge is 0.361 e. The number of benzene rings is 1. The SMILES string of the molecule is Cc1cc(C)cc(CN2C[C@@H](c3cccnc3)[C@]3(C2)OCCN(Cc2ccncc2)C3=O)c1. The fraction of sp³-hybridized carbons (Fsp3) is 0.370. The summed E-state index contributed by atoms with van der Waals surface area (Å²) in [5.41, 5.74) is 5.03. The third kappa shape index (κ3) is 4.41. The molecule has 4 heterocycles. The molecular weight excluding hydrogens is 412 g/mol. The smallest absolute Gasteiger partial charge is 0.257 e. The molecule has 5 rings (SSSR count). The van der Waals surface area contributed by atoms with Crippen molar-refractivity contribution in [3.8, 4) is 0 Å². The van der Waals surface area contributed by atoms with Gasteiger partial charge in [-0.25, -0.2) is 0 Å². The van der Waals surface area contributed by atoms with Crippen molar-refractivity contribution in [2.75, 3.05) is 26.2 Å². The second kappa shape index (κ2) is 9.04. The van der Waals surface area contributed by atoms with Crippen LogP contribution in [0.15, 0.2) is 67.3 Å². The highest BCUT2D eigenvalue weighted by molar-refractivity contribution is 5.88. The van der Waals surface area contributed by atoms with Crippen molar-refractivity contribution in [2.45, 2.75) is 38.5 Å². The first-order valence-electron chi connectivity index (χ1n) is 11.6. The number of amides is 1. The molecule has 3 aromatic rings. The second-order valence-corrected chi connectivity index (χ2v) is 9.32. The Morgan fingerprint density at radius 1 is 1.00 bits per heavy atom. The maximum absolute atomic E-state index is 14.0. The van der Waals surface area contributed by atoms with Crippen molar-refractivity contribution >= 4 is 5.91 Å². The lowest BCUT2D eigenvalue weighted by Crippen LogP contribution is -2.59. The molecule has 2 fully saturated rings. The van der Waals surface area contributed by atoms with Gasteiger partial charge in [0.1, 0.15) is 0 Å². The van der Waals surface area contributed by atoms with Crippen LogP contribution in [0.4, 0.5) is 0 Å². The van der Waals surface area contributed by atoms with Crippen LogP contribution in [0.5, 0.6) is 0 Å². The number of morpholine rings is 1. The van der Waals surface area contributed by atoms with Gasteiger partial charge in [0, 0.05) is 63.4 Å². The Kier molecular flexibility index (Phi) is 5.96. The molecule has 0 radical (unpaired) electrons. The molecule has 170 valence electrons. The molecule has 0 unspecified atom stereocenters. The van der Waals surface area contributed by atoms with E-state index in [0.29, 0.717) is 26.2 Å². The Balaban J connectivity index is 1.45. The number of hydrogen-bond acceptors (Lipinski definition) is 5. The number of carbonyl (C=O) groups excluding carboxylic acids is 1. The van der Waals surface area contributed by atoms with E-state index >= 15 is 0 Å². The van der Waals surface area contributed by atoms with E-state index in [9.17, 15) is 4.79 Å². The Morgan fingerprint density at radius 2 is 1.79 bits per heavy atom. The van der Waals surface area contributed by atoms with E-state index in [1.807, 2.05) is 29.3 Å². The first-order chi connectivity index (χ1) is 16.0. The van der Waals surface area contributed by atoms with Gasteiger partial charge in [-0.1, -0.05) is 35.4 Å². The van der Waals surface area contributed by atoms with Crippen LogP contribution in [-0.4, -0.2) is 57.5 Å². The zero-order chi connectivity index (χ0) is 22.8. The lowest BCUT2D eigenvalue weighted by Gasteiger charge is -2.42. The Morgan fingerprint density at radius 3 is 2.52 bits per heavy atom. The van der Waals surface area contributed by atoms with Crippen molar-refractivity contribution in [1.82, 2.24) is 19.8 Å². The number of rotatable bonds is 5. The van der Waals surface area contributed by atoms with E-state index < -0.39 is 5.60 Å². The minimum absolute atomic E-state index is 0.0650. The molecular formula is C27H30N4O2. The molecule has 1 aromatic carbocycles. The summed E-state index contributed by atoms with van der Waals surface area (Å²) in [6, 6.07) is 14.6. The zero-order valence-electron chi connectivity index (χ0n) is 19.3. The first-order valence-corrected chi connectivity index (χ1v) is 11.6. The van der Waals surface area contributed by atoms with Crippen molar-refractivity contribution in [1.29, 1.82) is 0 Å². The van der Waals surface area contributed by atoms with Crippen LogP contribution in [0.3, 0.4) is 0 Å². The van der Waals surface area contributed by atoms with Crippen LogP contribution in [0.25, 0.3) is 0 Å². The second-order valence-electron chi connectivity index (χ2n) is 9.32. The van der Waals surface area contributed by atoms with Gasteiger partial charge < -0.3 is 9.64 Å². The molecule has 0 aliphatic carbocycles. The number of hydrogen-bond donors (Lipinski definition) is 0. The van der Waals surface area contributed by atoms with Crippen molar-refractivity contribution in [3.05, 3.63) is 95.1 Å². The van der Waals surface area contributed by atoms with Gasteiger partial charge in [0.2, 0.25) is 0 Å². The van der Waals surface area contributed by atoms with Crippen molar-refractivity contribution in [3.63, 3.8) is 0 Å². The first kappa shape index (κ1) is 21.7. The lowest BCUT2D eigenvalue weighted by atomic mass is 9.83. The van der Waals surface area contributed by atoms with Crippen LogP contribution in [0.2, 0.25) is 0 Å². The molecule has 0 bridgehead atoms. The summed E-state index contributed by atoms with van der Waals surface area (Å²) in [4.78, 5) is 26.7. The molecule has 1 spiro atoms. The number of likely N-dealkylation sites (tertiary alicyclic amines) is 1. The summed E-state index contributed by atoms with van der Waals surface area (Å²) >= 11 is 0. The Labute approximate surface area is 195 Å². The van der Waals surface area contributed by atoms with Crippen LogP contribution < -0.4 is 0 Å². The number of aromatic nitrogens is 2. The maximum Gasteiger partial charge on any atom is 0.257 e. The predicted molar refractivity (Wildman–Crippen MR) is 127 cm³/mol. The minimum atomic E-state index is -0.896. The topological polar surface area (TPSA) is 58.6 Å². The van der Waals surface area contributed by atoms with Gasteiger partial charge in [-0.2, -0.15) is 0 Å². The fourth-order valence-corrected chi connectivity index (χ4v) is 5.40. The van der Waals surface area contributed by atoms with Crippen LogP contribution in [-0.2, 0) is 22.6 Å². The zero-order valence-corrected chi connectivity index (χ0v) is 19.3. The highest BCUT2D eigenvalue weighted by Gasteiger charge is 2.56. The van der Waals surface area contributed by atoms with Crippen LogP contribution in [0.1, 0.15) is 33.7 Å². The average molecular weight is 443 g/mol. The van der Waals surface area contributed by atoms with Crippen molar-refractivity contribution < 1.29 is 9.53 Å². The number of ether oxygens (including phenoxy) is 1. The van der Waals surface area contributed by atoms with Crippen molar-refractivity contribution in [2.24, 2.45) is 0 Å². The maximum atomic E-state index is 14.0. The highest BCUT2D eigenvalue weighted by atomic mass is 16.5. The molecule has 33 heavy (non-hydrogen) atoms. The summed E-state index contributed by atoms with van der Waals surface area (Å²) in [6.45, 7) is 8.09. The van der Waals surface area contributed by atoms with E-state index in [0.717, 1.165) is 24.2 Å². The standard InChI is InChI=1S/C27H30N4O2/c1-20-12-21(2)14-23(13-20)16-30-18-25(24-4-3-7-29-15-24)27(19-30)26(32)31(10-11-33-27)17-22-5-8-28-9-6-22/h3-9,12-15,25H,10-11,16-19H2,1-2H3/t25-,27-/m0/s1. The fourth-order valence-electron chi connectivity index (χ4n) is 5.40. The Bertz CT molecular complexity index is 1100. The number of nitrogens with zero attached hydrogens (tertiary/aromatic N) is 4. The van der Waals surface area contributed by atoms with E-state index in [-0.39, 0.29) is 11.8 Å². The van der Waals surface area contributed by atoms with Gasteiger partial charge in [-0.3, -0.25) is 19.7 Å². The molecule has 2 aromatic heterocycles. The third-order valence-corrected chi connectivity index (χ3v) is 6.73. The van der Waals surface area contributed by atoms with Gasteiger partial charge in [0.15, 0.2) is 5.60 Å². The number of aryl methyl sites for hydroxylation is 2. The van der Waals surface area contributed by atoms with E-state index in [1.165, 1.54) is 16.7 Å².